The van der Waals surface area contributed by atoms with Gasteiger partial charge in [0.05, 0.1) is 0 Å². The molecule has 0 spiro atoms. The Morgan fingerprint density at radius 1 is 0.833 bits per heavy atom. The molecule has 1 heteroatoms. The summed E-state index contributed by atoms with van der Waals surface area (Å²) in [6.45, 7) is 14.6. The molecule has 1 N–H and O–H groups in total. The molecule has 0 fully saturated rings. The Labute approximate surface area is 113 Å². The van der Waals surface area contributed by atoms with Gasteiger partial charge in [0.15, 0.2) is 0 Å². The number of benzene rings is 1. The van der Waals surface area contributed by atoms with Gasteiger partial charge in [-0.05, 0) is 28.9 Å². The fourth-order valence-corrected chi connectivity index (χ4v) is 2.23. The van der Waals surface area contributed by atoms with E-state index < -0.39 is 0 Å². The Kier molecular flexibility index (Phi) is 5.87. The monoisotopic (exact) mass is 247 g/mol. The molecule has 0 bridgehead atoms. The third kappa shape index (κ3) is 4.45. The predicted molar refractivity (Wildman–Crippen MR) is 81.2 cm³/mol. The lowest BCUT2D eigenvalue weighted by Crippen LogP contribution is -2.30. The molecule has 1 unspecified atom stereocenters. The zero-order valence-corrected chi connectivity index (χ0v) is 12.8. The van der Waals surface area contributed by atoms with Crippen molar-refractivity contribution in [2.75, 3.05) is 6.54 Å². The van der Waals surface area contributed by atoms with Crippen LogP contribution in [0, 0.1) is 5.92 Å². The summed E-state index contributed by atoms with van der Waals surface area (Å²) in [5.41, 5.74) is 2.89. The highest BCUT2D eigenvalue weighted by molar-refractivity contribution is 5.27. The molecule has 0 aliphatic rings. The fourth-order valence-electron chi connectivity index (χ4n) is 2.23. The van der Waals surface area contributed by atoms with Gasteiger partial charge < -0.3 is 5.32 Å². The number of hydrogen-bond donors (Lipinski definition) is 1. The summed E-state index contributed by atoms with van der Waals surface area (Å²) in [7, 11) is 0. The summed E-state index contributed by atoms with van der Waals surface area (Å²) < 4.78 is 0. The highest BCUT2D eigenvalue weighted by atomic mass is 14.9. The van der Waals surface area contributed by atoms with Crippen LogP contribution in [0.1, 0.15) is 64.5 Å². The molecule has 0 aromatic heterocycles. The van der Waals surface area contributed by atoms with Crippen molar-refractivity contribution >= 4 is 0 Å². The lowest BCUT2D eigenvalue weighted by atomic mass is 9.87. The van der Waals surface area contributed by atoms with Gasteiger partial charge in [0.1, 0.15) is 0 Å². The molecular formula is C17H29N. The van der Waals surface area contributed by atoms with Crippen LogP contribution in [0.4, 0.5) is 0 Å². The van der Waals surface area contributed by atoms with Crippen LogP contribution < -0.4 is 5.32 Å². The van der Waals surface area contributed by atoms with E-state index in [0.717, 1.165) is 6.54 Å². The summed E-state index contributed by atoms with van der Waals surface area (Å²) in [5.74, 6) is 1.89. The first kappa shape index (κ1) is 15.2. The van der Waals surface area contributed by atoms with E-state index >= 15 is 0 Å². The Morgan fingerprint density at radius 2 is 1.33 bits per heavy atom. The zero-order valence-electron chi connectivity index (χ0n) is 12.8. The summed E-state index contributed by atoms with van der Waals surface area (Å²) in [6.07, 6.45) is 0. The lowest BCUT2D eigenvalue weighted by Gasteiger charge is -2.23. The van der Waals surface area contributed by atoms with Gasteiger partial charge in [-0.1, -0.05) is 65.8 Å². The molecule has 0 amide bonds. The normalized spacial score (nSPS) is 13.6. The SMILES string of the molecule is CC(C)NCC(c1ccc(C(C)C)cc1)C(C)C. The van der Waals surface area contributed by atoms with E-state index in [4.69, 9.17) is 0 Å². The van der Waals surface area contributed by atoms with Crippen molar-refractivity contribution in [3.63, 3.8) is 0 Å². The largest absolute Gasteiger partial charge is 0.314 e. The summed E-state index contributed by atoms with van der Waals surface area (Å²) in [5, 5.41) is 3.56. The van der Waals surface area contributed by atoms with E-state index in [1.54, 1.807) is 0 Å². The Hall–Kier alpha value is -0.820. The maximum absolute atomic E-state index is 3.56. The maximum Gasteiger partial charge on any atom is 0.00249 e. The fraction of sp³-hybridized carbons (Fsp3) is 0.647. The minimum atomic E-state index is 0.557. The minimum absolute atomic E-state index is 0.557. The minimum Gasteiger partial charge on any atom is -0.314 e. The van der Waals surface area contributed by atoms with Crippen LogP contribution in [0.2, 0.25) is 0 Å². The van der Waals surface area contributed by atoms with Crippen LogP contribution in [-0.2, 0) is 0 Å². The van der Waals surface area contributed by atoms with E-state index in [9.17, 15) is 0 Å². The van der Waals surface area contributed by atoms with Crippen molar-refractivity contribution in [2.45, 2.75) is 59.4 Å². The quantitative estimate of drug-likeness (QED) is 0.777. The molecule has 0 saturated carbocycles. The molecule has 102 valence electrons. The van der Waals surface area contributed by atoms with Crippen LogP contribution in [0.15, 0.2) is 24.3 Å². The first-order valence-electron chi connectivity index (χ1n) is 7.25. The van der Waals surface area contributed by atoms with Crippen LogP contribution >= 0.6 is 0 Å². The van der Waals surface area contributed by atoms with Crippen molar-refractivity contribution in [2.24, 2.45) is 5.92 Å². The highest BCUT2D eigenvalue weighted by Crippen LogP contribution is 2.25. The average Bonchev–Trinajstić information content (AvgIpc) is 2.29. The van der Waals surface area contributed by atoms with Gasteiger partial charge in [0.25, 0.3) is 0 Å². The molecule has 0 heterocycles. The standard InChI is InChI=1S/C17H29N/c1-12(2)15-7-9-16(10-8-15)17(13(3)4)11-18-14(5)6/h7-10,12-14,17-18H,11H2,1-6H3. The second-order valence-electron chi connectivity index (χ2n) is 6.23. The molecule has 18 heavy (non-hydrogen) atoms. The van der Waals surface area contributed by atoms with Crippen LogP contribution in [0.25, 0.3) is 0 Å². The molecule has 1 atom stereocenters. The van der Waals surface area contributed by atoms with Gasteiger partial charge >= 0.3 is 0 Å². The first-order valence-corrected chi connectivity index (χ1v) is 7.25. The smallest absolute Gasteiger partial charge is 0.00249 e. The molecule has 1 nitrogen and oxygen atoms in total. The molecule has 0 saturated heterocycles. The average molecular weight is 247 g/mol. The topological polar surface area (TPSA) is 12.0 Å². The van der Waals surface area contributed by atoms with Gasteiger partial charge in [-0.25, -0.2) is 0 Å². The van der Waals surface area contributed by atoms with Crippen LogP contribution in [0.5, 0.6) is 0 Å². The lowest BCUT2D eigenvalue weighted by molar-refractivity contribution is 0.441. The second kappa shape index (κ2) is 6.94. The van der Waals surface area contributed by atoms with E-state index in [0.29, 0.717) is 23.8 Å². The van der Waals surface area contributed by atoms with E-state index in [-0.39, 0.29) is 0 Å². The Balaban J connectivity index is 2.79. The third-order valence-corrected chi connectivity index (χ3v) is 3.58. The van der Waals surface area contributed by atoms with Crippen molar-refractivity contribution in [3.8, 4) is 0 Å². The molecule has 1 aromatic rings. The Bertz CT molecular complexity index is 335. The van der Waals surface area contributed by atoms with Crippen molar-refractivity contribution in [1.29, 1.82) is 0 Å². The van der Waals surface area contributed by atoms with Gasteiger partial charge in [0.2, 0.25) is 0 Å². The van der Waals surface area contributed by atoms with Gasteiger partial charge in [0, 0.05) is 12.6 Å². The van der Waals surface area contributed by atoms with Gasteiger partial charge in [-0.3, -0.25) is 0 Å². The molecule has 1 rings (SSSR count). The third-order valence-electron chi connectivity index (χ3n) is 3.58. The molecule has 0 aliphatic carbocycles. The van der Waals surface area contributed by atoms with Crippen LogP contribution in [-0.4, -0.2) is 12.6 Å². The summed E-state index contributed by atoms with van der Waals surface area (Å²) >= 11 is 0. The Morgan fingerprint density at radius 3 is 1.72 bits per heavy atom. The number of nitrogens with one attached hydrogen (secondary N) is 1. The van der Waals surface area contributed by atoms with E-state index in [1.165, 1.54) is 11.1 Å². The van der Waals surface area contributed by atoms with E-state index in [1.807, 2.05) is 0 Å². The highest BCUT2D eigenvalue weighted by Gasteiger charge is 2.16. The zero-order chi connectivity index (χ0) is 13.7. The molecule has 1 aromatic carbocycles. The van der Waals surface area contributed by atoms with Gasteiger partial charge in [-0.15, -0.1) is 0 Å². The van der Waals surface area contributed by atoms with E-state index in [2.05, 4.69) is 71.1 Å². The molecule has 0 aliphatic heterocycles. The maximum atomic E-state index is 3.56. The van der Waals surface area contributed by atoms with Crippen molar-refractivity contribution < 1.29 is 0 Å². The number of hydrogen-bond acceptors (Lipinski definition) is 1. The van der Waals surface area contributed by atoms with Crippen LogP contribution in [0.3, 0.4) is 0 Å². The molecular weight excluding hydrogens is 218 g/mol. The number of rotatable bonds is 6. The van der Waals surface area contributed by atoms with Crippen molar-refractivity contribution in [3.05, 3.63) is 35.4 Å². The first-order chi connectivity index (χ1) is 8.41. The molecule has 0 radical (unpaired) electrons. The van der Waals surface area contributed by atoms with Gasteiger partial charge in [-0.2, -0.15) is 0 Å². The summed E-state index contributed by atoms with van der Waals surface area (Å²) in [4.78, 5) is 0. The predicted octanol–water partition coefficient (Wildman–Crippen LogP) is 4.55. The summed E-state index contributed by atoms with van der Waals surface area (Å²) in [6, 6.07) is 9.74. The second-order valence-corrected chi connectivity index (χ2v) is 6.23. The van der Waals surface area contributed by atoms with Crippen molar-refractivity contribution in [1.82, 2.24) is 5.32 Å².